The van der Waals surface area contributed by atoms with Crippen molar-refractivity contribution in [1.82, 2.24) is 0 Å². The van der Waals surface area contributed by atoms with Gasteiger partial charge < -0.3 is 20.6 Å². The second kappa shape index (κ2) is 12.3. The predicted molar refractivity (Wildman–Crippen MR) is 133 cm³/mol. The molecule has 0 saturated carbocycles. The molecule has 184 valence electrons. The zero-order valence-electron chi connectivity index (χ0n) is 19.4. The quantitative estimate of drug-likeness (QED) is 0.179. The molecule has 1 aromatic heterocycles. The van der Waals surface area contributed by atoms with Crippen molar-refractivity contribution in [3.05, 3.63) is 54.1 Å². The third kappa shape index (κ3) is 7.29. The van der Waals surface area contributed by atoms with Gasteiger partial charge in [0.15, 0.2) is 0 Å². The second-order valence-electron chi connectivity index (χ2n) is 8.24. The van der Waals surface area contributed by atoms with E-state index in [0.717, 1.165) is 33.6 Å². The number of halogens is 2. The number of alkyl halides is 2. The molecular formula is C26H32F2N2O3S. The fourth-order valence-electron chi connectivity index (χ4n) is 3.66. The Morgan fingerprint density at radius 2 is 1.91 bits per heavy atom. The Hall–Kier alpha value is -2.42. The van der Waals surface area contributed by atoms with Crippen molar-refractivity contribution in [2.45, 2.75) is 55.9 Å². The van der Waals surface area contributed by atoms with E-state index in [2.05, 4.69) is 19.1 Å². The maximum absolute atomic E-state index is 14.1. The molecule has 4 N–H and O–H groups in total. The zero-order valence-corrected chi connectivity index (χ0v) is 20.2. The maximum atomic E-state index is 14.1. The number of ether oxygens (including phenoxy) is 1. The summed E-state index contributed by atoms with van der Waals surface area (Å²) in [4.78, 5) is 12.4. The Bertz CT molecular complexity index is 1090. The standard InChI is InChI=1S/C26H32F2N2O3S/c1-2-18-7-3-4-8-21(18)24-15-19-9-10-20(16-23(19)33-24)34-14-6-12-26(27,28)11-5-13-32-25(31)22(30)17-29/h3-4,7-10,15-16,22H,2,5-6,11-14,17,29-30H2,1H3. The highest BCUT2D eigenvalue weighted by atomic mass is 32.2. The van der Waals surface area contributed by atoms with Crippen LogP contribution in [-0.2, 0) is 16.0 Å². The normalized spacial score (nSPS) is 12.7. The first-order valence-electron chi connectivity index (χ1n) is 11.6. The summed E-state index contributed by atoms with van der Waals surface area (Å²) in [7, 11) is 0. The number of carbonyl (C=O) groups is 1. The number of hydrogen-bond donors (Lipinski definition) is 2. The largest absolute Gasteiger partial charge is 0.464 e. The predicted octanol–water partition coefficient (Wildman–Crippen LogP) is 5.78. The van der Waals surface area contributed by atoms with Crippen LogP contribution in [0, 0.1) is 0 Å². The lowest BCUT2D eigenvalue weighted by atomic mass is 10.0. The number of aryl methyl sites for hydroxylation is 1. The molecule has 3 aromatic rings. The minimum absolute atomic E-state index is 0.0342. The van der Waals surface area contributed by atoms with Gasteiger partial charge in [-0.25, -0.2) is 8.78 Å². The molecule has 0 aliphatic rings. The van der Waals surface area contributed by atoms with Gasteiger partial charge in [0.1, 0.15) is 17.4 Å². The van der Waals surface area contributed by atoms with Gasteiger partial charge >= 0.3 is 5.97 Å². The third-order valence-electron chi connectivity index (χ3n) is 5.60. The number of nitrogens with two attached hydrogens (primary N) is 2. The highest BCUT2D eigenvalue weighted by molar-refractivity contribution is 7.99. The van der Waals surface area contributed by atoms with Gasteiger partial charge in [0.05, 0.1) is 6.61 Å². The van der Waals surface area contributed by atoms with Crippen molar-refractivity contribution in [1.29, 1.82) is 0 Å². The van der Waals surface area contributed by atoms with Crippen LogP contribution >= 0.6 is 11.8 Å². The summed E-state index contributed by atoms with van der Waals surface area (Å²) in [5.41, 5.74) is 13.8. The van der Waals surface area contributed by atoms with Crippen LogP contribution in [0.15, 0.2) is 57.8 Å². The molecule has 3 rings (SSSR count). The Morgan fingerprint density at radius 1 is 1.15 bits per heavy atom. The number of furan rings is 1. The molecule has 8 heteroatoms. The fourth-order valence-corrected chi connectivity index (χ4v) is 4.53. The smallest absolute Gasteiger partial charge is 0.324 e. The number of benzene rings is 2. The van der Waals surface area contributed by atoms with Crippen LogP contribution in [0.5, 0.6) is 0 Å². The molecule has 34 heavy (non-hydrogen) atoms. The Kier molecular flexibility index (Phi) is 9.50. The molecule has 0 bridgehead atoms. The number of thioether (sulfide) groups is 1. The third-order valence-corrected chi connectivity index (χ3v) is 6.68. The summed E-state index contributed by atoms with van der Waals surface area (Å²) < 4.78 is 39.2. The lowest BCUT2D eigenvalue weighted by Gasteiger charge is -2.16. The molecular weight excluding hydrogens is 458 g/mol. The Balaban J connectivity index is 1.46. The van der Waals surface area contributed by atoms with Gasteiger partial charge in [-0.3, -0.25) is 4.79 Å². The molecule has 0 amide bonds. The average molecular weight is 491 g/mol. The van der Waals surface area contributed by atoms with Gasteiger partial charge in [0, 0.05) is 35.2 Å². The molecule has 5 nitrogen and oxygen atoms in total. The van der Waals surface area contributed by atoms with Crippen LogP contribution in [-0.4, -0.2) is 36.8 Å². The first kappa shape index (κ1) is 26.2. The maximum Gasteiger partial charge on any atom is 0.324 e. The second-order valence-corrected chi connectivity index (χ2v) is 9.41. The highest BCUT2D eigenvalue weighted by Gasteiger charge is 2.27. The van der Waals surface area contributed by atoms with Crippen LogP contribution in [0.2, 0.25) is 0 Å². The van der Waals surface area contributed by atoms with Crippen LogP contribution in [0.1, 0.15) is 38.2 Å². The van der Waals surface area contributed by atoms with Gasteiger partial charge in [-0.05, 0) is 54.8 Å². The van der Waals surface area contributed by atoms with E-state index in [1.54, 1.807) is 0 Å². The molecule has 0 saturated heterocycles. The highest BCUT2D eigenvalue weighted by Crippen LogP contribution is 2.33. The van der Waals surface area contributed by atoms with Crippen molar-refractivity contribution in [3.63, 3.8) is 0 Å². The molecule has 1 heterocycles. The number of hydrogen-bond acceptors (Lipinski definition) is 6. The topological polar surface area (TPSA) is 91.5 Å². The number of fused-ring (bicyclic) bond motifs is 1. The lowest BCUT2D eigenvalue weighted by molar-refractivity contribution is -0.145. The van der Waals surface area contributed by atoms with E-state index in [0.29, 0.717) is 12.2 Å². The van der Waals surface area contributed by atoms with Crippen LogP contribution in [0.3, 0.4) is 0 Å². The summed E-state index contributed by atoms with van der Waals surface area (Å²) >= 11 is 1.54. The molecule has 2 aromatic carbocycles. The summed E-state index contributed by atoms with van der Waals surface area (Å²) in [6.07, 6.45) is 0.843. The Labute approximate surface area is 203 Å². The zero-order chi connectivity index (χ0) is 24.6. The fraction of sp³-hybridized carbons (Fsp3) is 0.423. The van der Waals surface area contributed by atoms with Crippen LogP contribution in [0.4, 0.5) is 8.78 Å². The average Bonchev–Trinajstić information content (AvgIpc) is 3.27. The van der Waals surface area contributed by atoms with Crippen molar-refractivity contribution in [2.75, 3.05) is 18.9 Å². The van der Waals surface area contributed by atoms with E-state index in [9.17, 15) is 13.6 Å². The molecule has 0 aliphatic carbocycles. The molecule has 1 unspecified atom stereocenters. The first-order valence-corrected chi connectivity index (χ1v) is 12.6. The lowest BCUT2D eigenvalue weighted by Crippen LogP contribution is -2.39. The van der Waals surface area contributed by atoms with Crippen molar-refractivity contribution >= 4 is 28.7 Å². The van der Waals surface area contributed by atoms with Crippen molar-refractivity contribution in [2.24, 2.45) is 11.5 Å². The van der Waals surface area contributed by atoms with E-state index in [1.807, 2.05) is 36.4 Å². The van der Waals surface area contributed by atoms with E-state index in [-0.39, 0.29) is 32.4 Å². The monoisotopic (exact) mass is 490 g/mol. The van der Waals surface area contributed by atoms with Crippen molar-refractivity contribution < 1.29 is 22.7 Å². The van der Waals surface area contributed by atoms with Gasteiger partial charge in [-0.2, -0.15) is 0 Å². The number of carbonyl (C=O) groups excluding carboxylic acids is 1. The van der Waals surface area contributed by atoms with Gasteiger partial charge in [0.25, 0.3) is 0 Å². The van der Waals surface area contributed by atoms with Crippen LogP contribution in [0.25, 0.3) is 22.3 Å². The van der Waals surface area contributed by atoms with Gasteiger partial charge in [-0.1, -0.05) is 31.2 Å². The van der Waals surface area contributed by atoms with E-state index >= 15 is 0 Å². The van der Waals surface area contributed by atoms with Crippen LogP contribution < -0.4 is 11.5 Å². The molecule has 0 aliphatic heterocycles. The number of esters is 1. The minimum Gasteiger partial charge on any atom is -0.464 e. The summed E-state index contributed by atoms with van der Waals surface area (Å²) in [5, 5.41) is 1.02. The van der Waals surface area contributed by atoms with E-state index in [1.165, 1.54) is 17.3 Å². The first-order chi connectivity index (χ1) is 16.3. The summed E-state index contributed by atoms with van der Waals surface area (Å²) in [5.74, 6) is -2.04. The summed E-state index contributed by atoms with van der Waals surface area (Å²) in [6.45, 7) is 2.01. The summed E-state index contributed by atoms with van der Waals surface area (Å²) in [6, 6.07) is 15.3. The van der Waals surface area contributed by atoms with Gasteiger partial charge in [0.2, 0.25) is 5.92 Å². The number of rotatable bonds is 13. The molecule has 0 spiro atoms. The Morgan fingerprint density at radius 3 is 2.68 bits per heavy atom. The SMILES string of the molecule is CCc1ccccc1-c1cc2ccc(SCCCC(F)(F)CCCOC(=O)C(N)CN)cc2o1. The minimum atomic E-state index is -2.80. The molecule has 1 atom stereocenters. The van der Waals surface area contributed by atoms with Crippen molar-refractivity contribution in [3.8, 4) is 11.3 Å². The van der Waals surface area contributed by atoms with E-state index in [4.69, 9.17) is 20.6 Å². The van der Waals surface area contributed by atoms with Gasteiger partial charge in [-0.15, -0.1) is 11.8 Å². The molecule has 0 radical (unpaired) electrons. The van der Waals surface area contributed by atoms with E-state index < -0.39 is 17.9 Å². The molecule has 0 fully saturated rings.